The van der Waals surface area contributed by atoms with Crippen LogP contribution in [0.1, 0.15) is 6.92 Å². The van der Waals surface area contributed by atoms with Gasteiger partial charge in [0.2, 0.25) is 5.91 Å². The summed E-state index contributed by atoms with van der Waals surface area (Å²) in [4.78, 5) is 14.5. The average Bonchev–Trinajstić information content (AvgIpc) is 3.11. The summed E-state index contributed by atoms with van der Waals surface area (Å²) in [5.41, 5.74) is 2.46. The van der Waals surface area contributed by atoms with Crippen LogP contribution in [0.15, 0.2) is 68.2 Å². The third kappa shape index (κ3) is 5.22. The Morgan fingerprint density at radius 2 is 1.96 bits per heavy atom. The number of rotatable bonds is 6. The second-order valence-corrected chi connectivity index (χ2v) is 8.98. The fourth-order valence-corrected chi connectivity index (χ4v) is 4.48. The van der Waals surface area contributed by atoms with Crippen LogP contribution >= 0.6 is 46.5 Å². The molecule has 1 heterocycles. The molecule has 0 bridgehead atoms. The van der Waals surface area contributed by atoms with Gasteiger partial charge in [0.15, 0.2) is 4.34 Å². The van der Waals surface area contributed by atoms with Gasteiger partial charge < -0.3 is 5.32 Å². The lowest BCUT2D eigenvalue weighted by Crippen LogP contribution is -2.22. The van der Waals surface area contributed by atoms with Crippen molar-refractivity contribution in [3.8, 4) is 0 Å². The van der Waals surface area contributed by atoms with Gasteiger partial charge in [-0.25, -0.2) is 0 Å². The molecule has 0 fully saturated rings. The lowest BCUT2D eigenvalue weighted by molar-refractivity contribution is -0.115. The van der Waals surface area contributed by atoms with Crippen LogP contribution in [0.2, 0.25) is 5.02 Å². The first-order valence-corrected chi connectivity index (χ1v) is 10.3. The van der Waals surface area contributed by atoms with E-state index in [1.807, 2.05) is 55.5 Å². The number of nitrogens with zero attached hydrogens (tertiary/aromatic N) is 2. The second-order valence-electron chi connectivity index (χ2n) is 5.01. The van der Waals surface area contributed by atoms with E-state index in [1.54, 1.807) is 5.51 Å². The maximum atomic E-state index is 12.5. The number of nitrogens with one attached hydrogen (secondary N) is 1. The van der Waals surface area contributed by atoms with E-state index in [4.69, 9.17) is 11.6 Å². The smallest absolute Gasteiger partial charge is 0.237 e. The Labute approximate surface area is 163 Å². The van der Waals surface area contributed by atoms with Gasteiger partial charge in [-0.3, -0.25) is 4.79 Å². The maximum absolute atomic E-state index is 12.5. The maximum Gasteiger partial charge on any atom is 0.237 e. The van der Waals surface area contributed by atoms with Crippen LogP contribution in [0.3, 0.4) is 0 Å². The number of para-hydroxylation sites is 1. The largest absolute Gasteiger partial charge is 0.324 e. The van der Waals surface area contributed by atoms with Crippen molar-refractivity contribution < 1.29 is 4.79 Å². The zero-order valence-corrected chi connectivity index (χ0v) is 16.4. The molecule has 1 aromatic heterocycles. The van der Waals surface area contributed by atoms with Crippen molar-refractivity contribution >= 4 is 58.1 Å². The highest BCUT2D eigenvalue weighted by molar-refractivity contribution is 8.01. The van der Waals surface area contributed by atoms with Crippen molar-refractivity contribution in [1.29, 1.82) is 0 Å². The Kier molecular flexibility index (Phi) is 6.36. The summed E-state index contributed by atoms with van der Waals surface area (Å²) in [6.45, 7) is 1.88. The molecule has 0 aliphatic heterocycles. The van der Waals surface area contributed by atoms with E-state index < -0.39 is 0 Å². The molecular weight excluding hydrogens is 394 g/mol. The number of carbonyl (C=O) groups excluding carboxylic acids is 1. The van der Waals surface area contributed by atoms with Crippen molar-refractivity contribution in [1.82, 2.24) is 10.2 Å². The Balaban J connectivity index is 1.67. The normalized spacial score (nSPS) is 11.9. The third-order valence-electron chi connectivity index (χ3n) is 3.18. The Morgan fingerprint density at radius 1 is 1.20 bits per heavy atom. The van der Waals surface area contributed by atoms with Crippen molar-refractivity contribution in [2.75, 3.05) is 5.32 Å². The molecule has 3 aromatic rings. The van der Waals surface area contributed by atoms with Gasteiger partial charge in [-0.05, 0) is 43.3 Å². The number of thioether (sulfide) groups is 1. The molecule has 1 unspecified atom stereocenters. The van der Waals surface area contributed by atoms with Gasteiger partial charge in [0, 0.05) is 14.8 Å². The molecule has 0 aliphatic rings. The fraction of sp³-hybridized carbons (Fsp3) is 0.118. The molecule has 1 amide bonds. The molecule has 8 heteroatoms. The second kappa shape index (κ2) is 8.71. The van der Waals surface area contributed by atoms with Gasteiger partial charge in [-0.2, -0.15) is 0 Å². The van der Waals surface area contributed by atoms with E-state index >= 15 is 0 Å². The molecule has 25 heavy (non-hydrogen) atoms. The predicted molar refractivity (Wildman–Crippen MR) is 106 cm³/mol. The SMILES string of the molecule is CC(Sc1ccc(Cl)cc1)C(=O)Nc1ccccc1Sc1nncs1. The molecule has 1 N–H and O–H groups in total. The number of aromatic nitrogens is 2. The van der Waals surface area contributed by atoms with Gasteiger partial charge in [0.1, 0.15) is 5.51 Å². The van der Waals surface area contributed by atoms with Crippen LogP contribution in [-0.4, -0.2) is 21.4 Å². The molecule has 4 nitrogen and oxygen atoms in total. The molecule has 2 aromatic carbocycles. The lowest BCUT2D eigenvalue weighted by atomic mass is 10.3. The topological polar surface area (TPSA) is 54.9 Å². The summed E-state index contributed by atoms with van der Waals surface area (Å²) in [5.74, 6) is -0.0507. The first-order chi connectivity index (χ1) is 12.1. The van der Waals surface area contributed by atoms with E-state index in [0.29, 0.717) is 5.02 Å². The molecule has 0 spiro atoms. The first kappa shape index (κ1) is 18.3. The lowest BCUT2D eigenvalue weighted by Gasteiger charge is -2.14. The standard InChI is InChI=1S/C17H14ClN3OS3/c1-11(24-13-8-6-12(18)7-9-13)16(22)20-14-4-2-3-5-15(14)25-17-21-19-10-23-17/h2-11H,1H3,(H,20,22). The molecule has 0 aliphatic carbocycles. The quantitative estimate of drug-likeness (QED) is 0.549. The first-order valence-electron chi connectivity index (χ1n) is 7.38. The van der Waals surface area contributed by atoms with Crippen LogP contribution < -0.4 is 5.32 Å². The number of amides is 1. The van der Waals surface area contributed by atoms with Gasteiger partial charge in [-0.1, -0.05) is 46.8 Å². The highest BCUT2D eigenvalue weighted by Crippen LogP contribution is 2.34. The number of halogens is 1. The number of benzene rings is 2. The average molecular weight is 408 g/mol. The highest BCUT2D eigenvalue weighted by Gasteiger charge is 2.16. The monoisotopic (exact) mass is 407 g/mol. The van der Waals surface area contributed by atoms with Crippen molar-refractivity contribution in [3.63, 3.8) is 0 Å². The van der Waals surface area contributed by atoms with Crippen LogP contribution in [0.4, 0.5) is 5.69 Å². The Morgan fingerprint density at radius 3 is 2.68 bits per heavy atom. The molecule has 0 radical (unpaired) electrons. The molecule has 0 saturated heterocycles. The van der Waals surface area contributed by atoms with Crippen LogP contribution in [-0.2, 0) is 4.79 Å². The van der Waals surface area contributed by atoms with E-state index in [9.17, 15) is 4.79 Å². The number of carbonyl (C=O) groups is 1. The summed E-state index contributed by atoms with van der Waals surface area (Å²) < 4.78 is 0.838. The van der Waals surface area contributed by atoms with Crippen LogP contribution in [0.25, 0.3) is 0 Å². The van der Waals surface area contributed by atoms with Crippen molar-refractivity contribution in [3.05, 3.63) is 59.1 Å². The number of anilines is 1. The summed E-state index contributed by atoms with van der Waals surface area (Å²) in [7, 11) is 0. The highest BCUT2D eigenvalue weighted by atomic mass is 35.5. The molecular formula is C17H14ClN3OS3. The molecule has 1 atom stereocenters. The summed E-state index contributed by atoms with van der Waals surface area (Å²) in [5, 5.41) is 11.3. The molecule has 128 valence electrons. The van der Waals surface area contributed by atoms with Gasteiger partial charge in [0.25, 0.3) is 0 Å². The molecule has 3 rings (SSSR count). The molecule has 0 saturated carbocycles. The summed E-state index contributed by atoms with van der Waals surface area (Å²) in [6.07, 6.45) is 0. The minimum atomic E-state index is -0.235. The van der Waals surface area contributed by atoms with E-state index in [1.165, 1.54) is 34.9 Å². The Bertz CT molecular complexity index is 841. The van der Waals surface area contributed by atoms with Crippen molar-refractivity contribution in [2.24, 2.45) is 0 Å². The van der Waals surface area contributed by atoms with E-state index in [-0.39, 0.29) is 11.2 Å². The van der Waals surface area contributed by atoms with Gasteiger partial charge in [0.05, 0.1) is 10.9 Å². The van der Waals surface area contributed by atoms with Crippen LogP contribution in [0, 0.1) is 0 Å². The summed E-state index contributed by atoms with van der Waals surface area (Å²) in [6, 6.07) is 15.2. The Hall–Kier alpha value is -1.54. The minimum absolute atomic E-state index is 0.0507. The van der Waals surface area contributed by atoms with E-state index in [0.717, 1.165) is 19.8 Å². The third-order valence-corrected chi connectivity index (χ3v) is 6.40. The fourth-order valence-electron chi connectivity index (χ4n) is 1.97. The van der Waals surface area contributed by atoms with Gasteiger partial charge >= 0.3 is 0 Å². The zero-order chi connectivity index (χ0) is 17.6. The number of hydrogen-bond acceptors (Lipinski definition) is 6. The number of hydrogen-bond donors (Lipinski definition) is 1. The van der Waals surface area contributed by atoms with Gasteiger partial charge in [-0.15, -0.1) is 22.0 Å². The zero-order valence-electron chi connectivity index (χ0n) is 13.2. The van der Waals surface area contributed by atoms with Crippen molar-refractivity contribution in [2.45, 2.75) is 26.3 Å². The van der Waals surface area contributed by atoms with E-state index in [2.05, 4.69) is 15.5 Å². The van der Waals surface area contributed by atoms with Crippen LogP contribution in [0.5, 0.6) is 0 Å². The minimum Gasteiger partial charge on any atom is -0.324 e. The summed E-state index contributed by atoms with van der Waals surface area (Å²) >= 11 is 10.3. The predicted octanol–water partition coefficient (Wildman–Crippen LogP) is 5.46.